The summed E-state index contributed by atoms with van der Waals surface area (Å²) in [5.41, 5.74) is 0. The molecule has 0 fully saturated rings. The predicted molar refractivity (Wildman–Crippen MR) is 137 cm³/mol. The lowest BCUT2D eigenvalue weighted by Crippen LogP contribution is -2.16. The number of methoxy groups -OCH3 is 1. The van der Waals surface area contributed by atoms with Gasteiger partial charge in [0.2, 0.25) is 0 Å². The van der Waals surface area contributed by atoms with Crippen molar-refractivity contribution in [2.24, 2.45) is 0 Å². The van der Waals surface area contributed by atoms with Gasteiger partial charge < -0.3 is 28.4 Å². The highest BCUT2D eigenvalue weighted by Crippen LogP contribution is 2.13. The third kappa shape index (κ3) is 28.9. The third-order valence-electron chi connectivity index (χ3n) is 5.54. The molecular formula is C27H52O8. The first kappa shape index (κ1) is 33.8. The minimum Gasteiger partial charge on any atom is -0.467 e. The molecule has 208 valence electrons. The third-order valence-corrected chi connectivity index (χ3v) is 5.54. The molecule has 0 aromatic rings. The normalized spacial score (nSPS) is 11.0. The molecule has 0 aliphatic rings. The van der Waals surface area contributed by atoms with E-state index in [2.05, 4.69) is 11.7 Å². The monoisotopic (exact) mass is 504 g/mol. The zero-order chi connectivity index (χ0) is 25.7. The summed E-state index contributed by atoms with van der Waals surface area (Å²) in [6.07, 6.45) is 17.3. The largest absolute Gasteiger partial charge is 0.467 e. The Bertz CT molecular complexity index is 458. The van der Waals surface area contributed by atoms with E-state index in [0.717, 1.165) is 12.8 Å². The van der Waals surface area contributed by atoms with Crippen molar-refractivity contribution in [1.82, 2.24) is 0 Å². The quantitative estimate of drug-likeness (QED) is 0.105. The van der Waals surface area contributed by atoms with Gasteiger partial charge in [0.05, 0.1) is 53.4 Å². The molecule has 0 saturated carbocycles. The summed E-state index contributed by atoms with van der Waals surface area (Å²) in [5, 5.41) is 0. The van der Waals surface area contributed by atoms with Crippen molar-refractivity contribution in [3.05, 3.63) is 0 Å². The van der Waals surface area contributed by atoms with Crippen molar-refractivity contribution in [2.45, 2.75) is 96.8 Å². The van der Waals surface area contributed by atoms with Crippen molar-refractivity contribution in [3.8, 4) is 0 Å². The molecule has 0 aromatic carbocycles. The van der Waals surface area contributed by atoms with E-state index < -0.39 is 5.97 Å². The molecule has 0 spiro atoms. The second-order valence-electron chi connectivity index (χ2n) is 8.68. The smallest absolute Gasteiger partial charge is 0.331 e. The van der Waals surface area contributed by atoms with Gasteiger partial charge in [-0.2, -0.15) is 0 Å². The van der Waals surface area contributed by atoms with Crippen LogP contribution >= 0.6 is 0 Å². The first-order valence-corrected chi connectivity index (χ1v) is 13.7. The van der Waals surface area contributed by atoms with E-state index in [9.17, 15) is 9.59 Å². The highest BCUT2D eigenvalue weighted by molar-refractivity contribution is 5.70. The summed E-state index contributed by atoms with van der Waals surface area (Å²) in [5.74, 6) is -0.543. The van der Waals surface area contributed by atoms with Gasteiger partial charge in [-0.1, -0.05) is 84.0 Å². The Morgan fingerprint density at radius 3 is 1.34 bits per heavy atom. The lowest BCUT2D eigenvalue weighted by Gasteiger charge is -2.08. The van der Waals surface area contributed by atoms with Crippen LogP contribution in [0.1, 0.15) is 96.8 Å². The van der Waals surface area contributed by atoms with Gasteiger partial charge in [-0.05, 0) is 6.42 Å². The van der Waals surface area contributed by atoms with E-state index in [-0.39, 0.29) is 19.2 Å². The minimum atomic E-state index is -0.405. The molecule has 0 unspecified atom stereocenters. The predicted octanol–water partition coefficient (Wildman–Crippen LogP) is 5.25. The average Bonchev–Trinajstić information content (AvgIpc) is 2.86. The molecule has 0 amide bonds. The summed E-state index contributed by atoms with van der Waals surface area (Å²) < 4.78 is 30.8. The van der Waals surface area contributed by atoms with Crippen LogP contribution < -0.4 is 0 Å². The molecule has 0 aromatic heterocycles. The van der Waals surface area contributed by atoms with Gasteiger partial charge in [-0.3, -0.25) is 4.79 Å². The molecule has 35 heavy (non-hydrogen) atoms. The maximum absolute atomic E-state index is 11.7. The van der Waals surface area contributed by atoms with E-state index in [0.29, 0.717) is 52.7 Å². The molecule has 0 atom stereocenters. The Kier molecular flexibility index (Phi) is 28.0. The van der Waals surface area contributed by atoms with E-state index in [1.54, 1.807) is 0 Å². The Morgan fingerprint density at radius 1 is 0.486 bits per heavy atom. The van der Waals surface area contributed by atoms with Crippen LogP contribution in [0.5, 0.6) is 0 Å². The Morgan fingerprint density at radius 2 is 0.886 bits per heavy atom. The lowest BCUT2D eigenvalue weighted by atomic mass is 10.0. The first-order chi connectivity index (χ1) is 17.2. The lowest BCUT2D eigenvalue weighted by molar-refractivity contribution is -0.147. The van der Waals surface area contributed by atoms with Gasteiger partial charge in [-0.15, -0.1) is 0 Å². The maximum atomic E-state index is 11.7. The summed E-state index contributed by atoms with van der Waals surface area (Å²) in [4.78, 5) is 22.6. The summed E-state index contributed by atoms with van der Waals surface area (Å²) in [7, 11) is 1.32. The van der Waals surface area contributed by atoms with Crippen LogP contribution in [0.4, 0.5) is 0 Å². The number of carbonyl (C=O) groups is 2. The molecule has 8 nitrogen and oxygen atoms in total. The van der Waals surface area contributed by atoms with Crippen molar-refractivity contribution in [3.63, 3.8) is 0 Å². The average molecular weight is 505 g/mol. The minimum absolute atomic E-state index is 0.0670. The van der Waals surface area contributed by atoms with Crippen LogP contribution in [-0.2, 0) is 38.0 Å². The summed E-state index contributed by atoms with van der Waals surface area (Å²) in [6.45, 7) is 5.37. The molecule has 0 aliphatic carbocycles. The van der Waals surface area contributed by atoms with E-state index in [1.165, 1.54) is 77.7 Å². The van der Waals surface area contributed by atoms with Crippen molar-refractivity contribution in [1.29, 1.82) is 0 Å². The number of esters is 2. The molecule has 0 bridgehead atoms. The maximum Gasteiger partial charge on any atom is 0.331 e. The zero-order valence-electron chi connectivity index (χ0n) is 22.5. The molecular weight excluding hydrogens is 452 g/mol. The molecule has 0 heterocycles. The standard InChI is InChI=1S/C27H52O8/c1-3-4-5-6-7-8-9-10-11-12-13-14-15-16-26(28)35-24-23-33-20-19-31-17-18-32-21-22-34-25-27(29)30-2/h3-25H2,1-2H3. The number of rotatable bonds is 28. The van der Waals surface area contributed by atoms with Gasteiger partial charge in [0.1, 0.15) is 13.2 Å². The Hall–Kier alpha value is -1.22. The number of unbranched alkanes of at least 4 members (excludes halogenated alkanes) is 12. The summed E-state index contributed by atoms with van der Waals surface area (Å²) >= 11 is 0. The van der Waals surface area contributed by atoms with Crippen molar-refractivity contribution < 1.29 is 38.0 Å². The highest BCUT2D eigenvalue weighted by atomic mass is 16.6. The van der Waals surface area contributed by atoms with Gasteiger partial charge >= 0.3 is 11.9 Å². The van der Waals surface area contributed by atoms with E-state index >= 15 is 0 Å². The number of carbonyl (C=O) groups excluding carboxylic acids is 2. The van der Waals surface area contributed by atoms with Crippen LogP contribution in [0, 0.1) is 0 Å². The number of hydrogen-bond acceptors (Lipinski definition) is 8. The fourth-order valence-corrected chi connectivity index (χ4v) is 3.45. The molecule has 0 N–H and O–H groups in total. The van der Waals surface area contributed by atoms with E-state index in [1.807, 2.05) is 0 Å². The van der Waals surface area contributed by atoms with Crippen LogP contribution in [0.3, 0.4) is 0 Å². The summed E-state index contributed by atoms with van der Waals surface area (Å²) in [6, 6.07) is 0. The van der Waals surface area contributed by atoms with Crippen molar-refractivity contribution >= 4 is 11.9 Å². The van der Waals surface area contributed by atoms with Gasteiger partial charge in [0, 0.05) is 6.42 Å². The second-order valence-corrected chi connectivity index (χ2v) is 8.68. The highest BCUT2D eigenvalue weighted by Gasteiger charge is 2.03. The SMILES string of the molecule is CCCCCCCCCCCCCCCC(=O)OCCOCCOCCOCCOCC(=O)OC. The first-order valence-electron chi connectivity index (χ1n) is 13.7. The van der Waals surface area contributed by atoms with Crippen molar-refractivity contribution in [2.75, 3.05) is 66.6 Å². The fourth-order valence-electron chi connectivity index (χ4n) is 3.45. The fraction of sp³-hybridized carbons (Fsp3) is 0.926. The van der Waals surface area contributed by atoms with Crippen LogP contribution in [0.2, 0.25) is 0 Å². The number of ether oxygens (including phenoxy) is 6. The van der Waals surface area contributed by atoms with Crippen LogP contribution in [0.25, 0.3) is 0 Å². The van der Waals surface area contributed by atoms with Gasteiger partial charge in [0.25, 0.3) is 0 Å². The molecule has 8 heteroatoms. The van der Waals surface area contributed by atoms with Crippen LogP contribution in [-0.4, -0.2) is 78.5 Å². The number of hydrogen-bond donors (Lipinski definition) is 0. The Balaban J connectivity index is 3.17. The topological polar surface area (TPSA) is 89.5 Å². The van der Waals surface area contributed by atoms with E-state index in [4.69, 9.17) is 23.7 Å². The van der Waals surface area contributed by atoms with Gasteiger partial charge in [-0.25, -0.2) is 4.79 Å². The van der Waals surface area contributed by atoms with Gasteiger partial charge in [0.15, 0.2) is 0 Å². The second kappa shape index (κ2) is 29.0. The van der Waals surface area contributed by atoms with Crippen LogP contribution in [0.15, 0.2) is 0 Å². The molecule has 0 saturated heterocycles. The zero-order valence-corrected chi connectivity index (χ0v) is 22.5. The molecule has 0 aliphatic heterocycles. The molecule has 0 rings (SSSR count). The molecule has 0 radical (unpaired) electrons. The Labute approximate surface area is 213 Å².